The highest BCUT2D eigenvalue weighted by Crippen LogP contribution is 2.36. The highest BCUT2D eigenvalue weighted by Gasteiger charge is 2.29. The molecule has 1 saturated carbocycles. The molecule has 2 atom stereocenters. The normalized spacial score (nSPS) is 20.8. The molecule has 1 fully saturated rings. The molecule has 1 aromatic rings. The van der Waals surface area contributed by atoms with Gasteiger partial charge in [0.25, 0.3) is 0 Å². The molecule has 134 valence electrons. The third kappa shape index (κ3) is 5.85. The van der Waals surface area contributed by atoms with Crippen molar-refractivity contribution in [3.8, 4) is 5.75 Å². The summed E-state index contributed by atoms with van der Waals surface area (Å²) in [4.78, 5) is 12.1. The molecule has 0 aliphatic heterocycles. The smallest absolute Gasteiger partial charge is 0.306 e. The van der Waals surface area contributed by atoms with E-state index in [0.717, 1.165) is 44.3 Å². The molecule has 3 nitrogen and oxygen atoms in total. The summed E-state index contributed by atoms with van der Waals surface area (Å²) in [6.45, 7) is 6.21. The first-order chi connectivity index (χ1) is 11.6. The van der Waals surface area contributed by atoms with Crippen molar-refractivity contribution < 1.29 is 14.3 Å². The zero-order chi connectivity index (χ0) is 17.4. The van der Waals surface area contributed by atoms with Crippen molar-refractivity contribution in [3.63, 3.8) is 0 Å². The van der Waals surface area contributed by atoms with E-state index >= 15 is 0 Å². The number of carbonyl (C=O) groups excluding carboxylic acids is 1. The fraction of sp³-hybridized carbons (Fsp3) is 0.667. The van der Waals surface area contributed by atoms with Crippen molar-refractivity contribution in [2.75, 3.05) is 0 Å². The van der Waals surface area contributed by atoms with E-state index in [1.54, 1.807) is 0 Å². The molecule has 0 aromatic heterocycles. The molecule has 1 aliphatic carbocycles. The summed E-state index contributed by atoms with van der Waals surface area (Å²) in [5.74, 6) is 1.19. The first-order valence-corrected chi connectivity index (χ1v) is 9.56. The number of carbonyl (C=O) groups is 1. The molecule has 0 heterocycles. The van der Waals surface area contributed by atoms with Gasteiger partial charge in [-0.15, -0.1) is 0 Å². The van der Waals surface area contributed by atoms with Crippen LogP contribution < -0.4 is 4.74 Å². The molecule has 2 rings (SSSR count). The molecular formula is C21H32O3. The second-order valence-electron chi connectivity index (χ2n) is 7.11. The zero-order valence-corrected chi connectivity index (χ0v) is 15.4. The standard InChI is InChI=1S/C21H32O3/c1-4-5-6-11-21(22)24-20-10-8-7-9-19(20)17-12-14-18(15-13-17)23-16(2)3/h12-16,19-20H,4-11H2,1-3H3/t19-,20+/m1/s1. The van der Waals surface area contributed by atoms with Crippen LogP contribution in [-0.4, -0.2) is 18.2 Å². The van der Waals surface area contributed by atoms with Gasteiger partial charge in [-0.3, -0.25) is 4.79 Å². The van der Waals surface area contributed by atoms with Crippen LogP contribution >= 0.6 is 0 Å². The van der Waals surface area contributed by atoms with E-state index in [9.17, 15) is 4.79 Å². The predicted octanol–water partition coefficient (Wildman–Crippen LogP) is 5.62. The summed E-state index contributed by atoms with van der Waals surface area (Å²) >= 11 is 0. The number of benzene rings is 1. The van der Waals surface area contributed by atoms with E-state index < -0.39 is 0 Å². The van der Waals surface area contributed by atoms with Crippen molar-refractivity contribution in [1.82, 2.24) is 0 Å². The second kappa shape index (κ2) is 9.71. The minimum atomic E-state index is -0.0277. The number of ether oxygens (including phenoxy) is 2. The van der Waals surface area contributed by atoms with Crippen molar-refractivity contribution in [2.24, 2.45) is 0 Å². The van der Waals surface area contributed by atoms with Crippen LogP contribution in [0.1, 0.15) is 83.6 Å². The maximum absolute atomic E-state index is 12.1. The van der Waals surface area contributed by atoms with E-state index in [0.29, 0.717) is 12.3 Å². The largest absolute Gasteiger partial charge is 0.491 e. The van der Waals surface area contributed by atoms with Gasteiger partial charge in [0.15, 0.2) is 0 Å². The Labute approximate surface area is 146 Å². The van der Waals surface area contributed by atoms with E-state index in [1.165, 1.54) is 12.0 Å². The molecule has 0 saturated heterocycles. The summed E-state index contributed by atoms with van der Waals surface area (Å²) in [6.07, 6.45) is 8.37. The fourth-order valence-corrected chi connectivity index (χ4v) is 3.43. The Bertz CT molecular complexity index is 492. The van der Waals surface area contributed by atoms with Crippen molar-refractivity contribution in [2.45, 2.75) is 90.3 Å². The quantitative estimate of drug-likeness (QED) is 0.457. The first-order valence-electron chi connectivity index (χ1n) is 9.56. The number of unbranched alkanes of at least 4 members (excludes halogenated alkanes) is 2. The first kappa shape index (κ1) is 18.8. The van der Waals surface area contributed by atoms with Gasteiger partial charge in [-0.05, 0) is 57.2 Å². The van der Waals surface area contributed by atoms with Crippen molar-refractivity contribution in [3.05, 3.63) is 29.8 Å². The van der Waals surface area contributed by atoms with Crippen LogP contribution in [-0.2, 0) is 9.53 Å². The molecule has 0 spiro atoms. The molecule has 0 amide bonds. The summed E-state index contributed by atoms with van der Waals surface area (Å²) in [6, 6.07) is 8.32. The molecule has 0 unspecified atom stereocenters. The SMILES string of the molecule is CCCCCC(=O)O[C@H]1CCCC[C@@H]1c1ccc(OC(C)C)cc1. The topological polar surface area (TPSA) is 35.5 Å². The molecule has 0 N–H and O–H groups in total. The lowest BCUT2D eigenvalue weighted by Gasteiger charge is -2.31. The minimum absolute atomic E-state index is 0.0277. The summed E-state index contributed by atoms with van der Waals surface area (Å²) in [5.41, 5.74) is 1.26. The van der Waals surface area contributed by atoms with Gasteiger partial charge in [0.05, 0.1) is 6.10 Å². The van der Waals surface area contributed by atoms with E-state index in [-0.39, 0.29) is 18.2 Å². The number of hydrogen-bond donors (Lipinski definition) is 0. The van der Waals surface area contributed by atoms with Gasteiger partial charge in [-0.25, -0.2) is 0 Å². The minimum Gasteiger partial charge on any atom is -0.491 e. The summed E-state index contributed by atoms with van der Waals surface area (Å²) in [7, 11) is 0. The van der Waals surface area contributed by atoms with Crippen LogP contribution in [0.3, 0.4) is 0 Å². The third-order valence-electron chi connectivity index (χ3n) is 4.65. The number of hydrogen-bond acceptors (Lipinski definition) is 3. The Balaban J connectivity index is 1.96. The average Bonchev–Trinajstić information content (AvgIpc) is 2.56. The molecular weight excluding hydrogens is 300 g/mol. The lowest BCUT2D eigenvalue weighted by molar-refractivity contribution is -0.151. The van der Waals surface area contributed by atoms with E-state index in [4.69, 9.17) is 9.47 Å². The molecule has 0 radical (unpaired) electrons. The van der Waals surface area contributed by atoms with Crippen LogP contribution in [0.25, 0.3) is 0 Å². The highest BCUT2D eigenvalue weighted by atomic mass is 16.5. The summed E-state index contributed by atoms with van der Waals surface area (Å²) < 4.78 is 11.5. The third-order valence-corrected chi connectivity index (χ3v) is 4.65. The van der Waals surface area contributed by atoms with Crippen LogP contribution in [0.15, 0.2) is 24.3 Å². The van der Waals surface area contributed by atoms with Gasteiger partial charge in [0.1, 0.15) is 11.9 Å². The predicted molar refractivity (Wildman–Crippen MR) is 97.4 cm³/mol. The monoisotopic (exact) mass is 332 g/mol. The van der Waals surface area contributed by atoms with Gasteiger partial charge in [0, 0.05) is 12.3 Å². The molecule has 1 aromatic carbocycles. The van der Waals surface area contributed by atoms with Crippen LogP contribution in [0.5, 0.6) is 5.75 Å². The lowest BCUT2D eigenvalue weighted by Crippen LogP contribution is -2.28. The number of esters is 1. The van der Waals surface area contributed by atoms with Gasteiger partial charge >= 0.3 is 5.97 Å². The maximum Gasteiger partial charge on any atom is 0.306 e. The Hall–Kier alpha value is -1.51. The Kier molecular flexibility index (Phi) is 7.61. The van der Waals surface area contributed by atoms with Gasteiger partial charge in [0.2, 0.25) is 0 Å². The highest BCUT2D eigenvalue weighted by molar-refractivity contribution is 5.69. The van der Waals surface area contributed by atoms with Gasteiger partial charge in [-0.1, -0.05) is 38.3 Å². The Morgan fingerprint density at radius 2 is 1.83 bits per heavy atom. The van der Waals surface area contributed by atoms with Crippen LogP contribution in [0, 0.1) is 0 Å². The molecule has 1 aliphatic rings. The lowest BCUT2D eigenvalue weighted by atomic mass is 9.81. The molecule has 3 heteroatoms. The van der Waals surface area contributed by atoms with Crippen LogP contribution in [0.2, 0.25) is 0 Å². The maximum atomic E-state index is 12.1. The van der Waals surface area contributed by atoms with E-state index in [2.05, 4.69) is 19.1 Å². The van der Waals surface area contributed by atoms with Crippen molar-refractivity contribution >= 4 is 5.97 Å². The van der Waals surface area contributed by atoms with Crippen LogP contribution in [0.4, 0.5) is 0 Å². The Morgan fingerprint density at radius 1 is 1.12 bits per heavy atom. The second-order valence-corrected chi connectivity index (χ2v) is 7.11. The van der Waals surface area contributed by atoms with Gasteiger partial charge < -0.3 is 9.47 Å². The fourth-order valence-electron chi connectivity index (χ4n) is 3.43. The Morgan fingerprint density at radius 3 is 2.50 bits per heavy atom. The summed E-state index contributed by atoms with van der Waals surface area (Å²) in [5, 5.41) is 0. The number of rotatable bonds is 8. The molecule has 0 bridgehead atoms. The zero-order valence-electron chi connectivity index (χ0n) is 15.4. The van der Waals surface area contributed by atoms with Crippen molar-refractivity contribution in [1.29, 1.82) is 0 Å². The van der Waals surface area contributed by atoms with E-state index in [1.807, 2.05) is 26.0 Å². The van der Waals surface area contributed by atoms with Gasteiger partial charge in [-0.2, -0.15) is 0 Å². The molecule has 24 heavy (non-hydrogen) atoms. The average molecular weight is 332 g/mol.